The number of benzene rings is 7. The fourth-order valence-corrected chi connectivity index (χ4v) is 8.65. The van der Waals surface area contributed by atoms with Crippen LogP contribution < -0.4 is 21.2 Å². The Morgan fingerprint density at radius 2 is 0.800 bits per heavy atom. The van der Waals surface area contributed by atoms with E-state index >= 15 is 0 Å². The minimum Gasteiger partial charge on any atom is -0.466 e. The summed E-state index contributed by atoms with van der Waals surface area (Å²) in [4.78, 5) is 21.3. The molecule has 5 heteroatoms. The van der Waals surface area contributed by atoms with Crippen LogP contribution in [0.2, 0.25) is 0 Å². The normalized spacial score (nSPS) is 10.2. The molecule has 0 bridgehead atoms. The topological polar surface area (TPSA) is 52.6 Å². The number of hydrogen-bond donors (Lipinski definition) is 0. The first kappa shape index (κ1) is 39.9. The van der Waals surface area contributed by atoms with Crippen molar-refractivity contribution < 1.29 is 40.3 Å². The Bertz CT molecular complexity index is 2240. The minimum absolute atomic E-state index is 0.266. The van der Waals surface area contributed by atoms with Gasteiger partial charge < -0.3 is 9.47 Å². The Balaban J connectivity index is 0.000000184. The number of halogens is 1. The maximum atomic E-state index is 11.4. The number of ether oxygens (including phenoxy) is 2. The van der Waals surface area contributed by atoms with Crippen molar-refractivity contribution >= 4 is 18.0 Å². The second kappa shape index (κ2) is 21.4. The standard InChI is InChI=1S/C24H18I.C22H18O2.C4H6O2/c1-3-11-19(12-4-1)21-15-7-9-17-23(21)25-24-18-10-8-16-22(24)20-13-5-2-6-14-20;1-24-22(23)16-15-18-11-5-6-12-20(18)21-14-8-7-13-19(21)17-9-3-2-4-10-17;1-3-4(5)6-2/h1-18H;2-16H,1H3;3H,1H2,2H3/q+1;;. The molecule has 0 atom stereocenters. The third kappa shape index (κ3) is 11.6. The van der Waals surface area contributed by atoms with E-state index < -0.39 is 5.97 Å². The Kier molecular flexibility index (Phi) is 15.5. The monoisotopic (exact) mass is 833 g/mol. The summed E-state index contributed by atoms with van der Waals surface area (Å²) in [7, 11) is 2.69. The molecule has 7 aromatic carbocycles. The largest absolute Gasteiger partial charge is 0.466 e. The first-order chi connectivity index (χ1) is 27.0. The number of carbonyl (C=O) groups is 2. The van der Waals surface area contributed by atoms with Gasteiger partial charge in [0.05, 0.1) is 14.2 Å². The Morgan fingerprint density at radius 1 is 0.436 bits per heavy atom. The van der Waals surface area contributed by atoms with Crippen molar-refractivity contribution in [2.24, 2.45) is 0 Å². The van der Waals surface area contributed by atoms with Gasteiger partial charge in [0.15, 0.2) is 0 Å². The van der Waals surface area contributed by atoms with Crippen molar-refractivity contribution in [1.82, 2.24) is 0 Å². The molecule has 0 unspecified atom stereocenters. The second-order valence-electron chi connectivity index (χ2n) is 11.9. The molecule has 0 heterocycles. The summed E-state index contributed by atoms with van der Waals surface area (Å²) in [6.07, 6.45) is 4.35. The van der Waals surface area contributed by atoms with Gasteiger partial charge in [-0.3, -0.25) is 0 Å². The molecular weight excluding hydrogens is 791 g/mol. The lowest BCUT2D eigenvalue weighted by molar-refractivity contribution is -0.595. The van der Waals surface area contributed by atoms with E-state index in [1.807, 2.05) is 48.5 Å². The van der Waals surface area contributed by atoms with Gasteiger partial charge in [-0.05, 0) is 69.3 Å². The van der Waals surface area contributed by atoms with Crippen LogP contribution in [-0.4, -0.2) is 26.2 Å². The molecule has 7 aromatic rings. The van der Waals surface area contributed by atoms with Gasteiger partial charge in [0.25, 0.3) is 0 Å². The number of esters is 2. The predicted molar refractivity (Wildman–Crippen MR) is 222 cm³/mol. The Labute approximate surface area is 334 Å². The molecule has 4 nitrogen and oxygen atoms in total. The molecular formula is C50H42IO4+. The molecule has 0 saturated heterocycles. The van der Waals surface area contributed by atoms with Crippen molar-refractivity contribution in [2.75, 3.05) is 14.2 Å². The maximum Gasteiger partial charge on any atom is 0.359 e. The highest BCUT2D eigenvalue weighted by atomic mass is 127. The molecule has 0 aliphatic rings. The molecule has 0 amide bonds. The van der Waals surface area contributed by atoms with E-state index in [9.17, 15) is 9.59 Å². The van der Waals surface area contributed by atoms with Crippen LogP contribution in [0.4, 0.5) is 0 Å². The van der Waals surface area contributed by atoms with E-state index in [2.05, 4.69) is 156 Å². The van der Waals surface area contributed by atoms with E-state index in [4.69, 9.17) is 0 Å². The second-order valence-corrected chi connectivity index (χ2v) is 14.7. The summed E-state index contributed by atoms with van der Waals surface area (Å²) in [5, 5.41) is 0. The van der Waals surface area contributed by atoms with Crippen LogP contribution in [0.5, 0.6) is 0 Å². The summed E-state index contributed by atoms with van der Waals surface area (Å²) >= 11 is -0.266. The van der Waals surface area contributed by atoms with Gasteiger partial charge in [-0.15, -0.1) is 0 Å². The SMILES string of the molecule is C=CC(=O)OC.COC(=O)C=Cc1ccccc1-c1ccccc1-c1ccccc1.c1ccc(-c2ccccc2[I+]c2ccccc2-c2ccccc2)cc1. The smallest absolute Gasteiger partial charge is 0.359 e. The fraction of sp³-hybridized carbons (Fsp3) is 0.0400. The van der Waals surface area contributed by atoms with Crippen molar-refractivity contribution in [3.05, 3.63) is 219 Å². The Morgan fingerprint density at radius 3 is 1.24 bits per heavy atom. The highest BCUT2D eigenvalue weighted by molar-refractivity contribution is 5.92. The zero-order valence-corrected chi connectivity index (χ0v) is 33.0. The third-order valence-electron chi connectivity index (χ3n) is 8.35. The molecule has 0 saturated carbocycles. The van der Waals surface area contributed by atoms with E-state index in [-0.39, 0.29) is 27.2 Å². The van der Waals surface area contributed by atoms with Crippen LogP contribution >= 0.6 is 0 Å². The van der Waals surface area contributed by atoms with E-state index in [0.29, 0.717) is 0 Å². The molecule has 0 fully saturated rings. The molecule has 55 heavy (non-hydrogen) atoms. The zero-order valence-electron chi connectivity index (χ0n) is 30.8. The van der Waals surface area contributed by atoms with Crippen molar-refractivity contribution in [2.45, 2.75) is 0 Å². The van der Waals surface area contributed by atoms with Crippen molar-refractivity contribution in [3.8, 4) is 44.5 Å². The summed E-state index contributed by atoms with van der Waals surface area (Å²) in [5.74, 6) is -0.754. The quantitative estimate of drug-likeness (QED) is 0.0831. The Hall–Kier alpha value is -6.31. The molecule has 0 aromatic heterocycles. The van der Waals surface area contributed by atoms with Crippen LogP contribution in [0.25, 0.3) is 50.6 Å². The van der Waals surface area contributed by atoms with E-state index in [1.165, 1.54) is 55.3 Å². The fourth-order valence-electron chi connectivity index (χ4n) is 5.68. The van der Waals surface area contributed by atoms with Gasteiger partial charge in [0.2, 0.25) is 7.14 Å². The number of methoxy groups -OCH3 is 2. The van der Waals surface area contributed by atoms with Crippen LogP contribution in [0.3, 0.4) is 0 Å². The predicted octanol–water partition coefficient (Wildman–Crippen LogP) is 8.70. The molecule has 272 valence electrons. The van der Waals surface area contributed by atoms with Gasteiger partial charge in [-0.1, -0.05) is 170 Å². The number of hydrogen-bond acceptors (Lipinski definition) is 4. The molecule has 0 N–H and O–H groups in total. The maximum absolute atomic E-state index is 11.4. The zero-order chi connectivity index (χ0) is 38.7. The average Bonchev–Trinajstić information content (AvgIpc) is 3.27. The molecule has 7 rings (SSSR count). The first-order valence-electron chi connectivity index (χ1n) is 17.7. The number of carbonyl (C=O) groups excluding carboxylic acids is 2. The third-order valence-corrected chi connectivity index (χ3v) is 11.4. The number of rotatable bonds is 9. The lowest BCUT2D eigenvalue weighted by Gasteiger charge is -2.12. The van der Waals surface area contributed by atoms with Crippen LogP contribution in [-0.2, 0) is 19.1 Å². The van der Waals surface area contributed by atoms with Crippen LogP contribution in [0, 0.1) is 7.14 Å². The van der Waals surface area contributed by atoms with E-state index in [1.54, 1.807) is 6.08 Å². The summed E-state index contributed by atoms with van der Waals surface area (Å²) in [5.41, 5.74) is 10.8. The van der Waals surface area contributed by atoms with Crippen molar-refractivity contribution in [3.63, 3.8) is 0 Å². The first-order valence-corrected chi connectivity index (χ1v) is 19.8. The van der Waals surface area contributed by atoms with Gasteiger partial charge in [0, 0.05) is 23.3 Å². The van der Waals surface area contributed by atoms with Crippen LogP contribution in [0.15, 0.2) is 207 Å². The summed E-state index contributed by atoms with van der Waals surface area (Å²) < 4.78 is 11.8. The van der Waals surface area contributed by atoms with Gasteiger partial charge in [0.1, 0.15) is 0 Å². The minimum atomic E-state index is -0.394. The van der Waals surface area contributed by atoms with Gasteiger partial charge in [-0.2, -0.15) is 0 Å². The van der Waals surface area contributed by atoms with E-state index in [0.717, 1.165) is 28.3 Å². The molecule has 0 aliphatic carbocycles. The molecule has 0 spiro atoms. The highest BCUT2D eigenvalue weighted by Crippen LogP contribution is 2.34. The highest BCUT2D eigenvalue weighted by Gasteiger charge is 2.24. The van der Waals surface area contributed by atoms with Gasteiger partial charge >= 0.3 is 33.1 Å². The van der Waals surface area contributed by atoms with Crippen molar-refractivity contribution in [1.29, 1.82) is 0 Å². The average molecular weight is 834 g/mol. The van der Waals surface area contributed by atoms with Crippen LogP contribution in [0.1, 0.15) is 5.56 Å². The lowest BCUT2D eigenvalue weighted by Crippen LogP contribution is -3.61. The van der Waals surface area contributed by atoms with Gasteiger partial charge in [-0.25, -0.2) is 9.59 Å². The molecule has 0 aliphatic heterocycles. The summed E-state index contributed by atoms with van der Waals surface area (Å²) in [6.45, 7) is 3.16. The summed E-state index contributed by atoms with van der Waals surface area (Å²) in [6, 6.07) is 65.7. The molecule has 0 radical (unpaired) electrons. The lowest BCUT2D eigenvalue weighted by atomic mass is 9.92.